The molecule has 0 saturated heterocycles. The van der Waals surface area contributed by atoms with E-state index in [1.54, 1.807) is 12.1 Å². The van der Waals surface area contributed by atoms with E-state index in [0.29, 0.717) is 23.3 Å². The second-order valence-electron chi connectivity index (χ2n) is 4.92. The largest absolute Gasteiger partial charge is 0.462 e. The summed E-state index contributed by atoms with van der Waals surface area (Å²) in [5.74, 6) is -1.34. The molecule has 0 spiro atoms. The highest BCUT2D eigenvalue weighted by molar-refractivity contribution is 5.93. The van der Waals surface area contributed by atoms with Crippen LogP contribution < -0.4 is 0 Å². The predicted octanol–water partition coefficient (Wildman–Crippen LogP) is 3.75. The van der Waals surface area contributed by atoms with Gasteiger partial charge in [0.05, 0.1) is 17.7 Å². The Bertz CT molecular complexity index is 680. The Balaban J connectivity index is 1.93. The number of rotatable bonds is 6. The van der Waals surface area contributed by atoms with Crippen LogP contribution in [0.5, 0.6) is 0 Å². The van der Waals surface area contributed by atoms with Crippen molar-refractivity contribution >= 4 is 11.9 Å². The molecule has 0 aliphatic carbocycles. The molecule has 0 N–H and O–H groups in total. The summed E-state index contributed by atoms with van der Waals surface area (Å²) in [5.41, 5.74) is 1.26. The van der Waals surface area contributed by atoms with Gasteiger partial charge in [-0.2, -0.15) is 0 Å². The zero-order valence-electron chi connectivity index (χ0n) is 12.8. The van der Waals surface area contributed by atoms with Gasteiger partial charge in [0.1, 0.15) is 12.4 Å². The second kappa shape index (κ2) is 8.08. The molecule has 0 radical (unpaired) electrons. The number of hydrogen-bond donors (Lipinski definition) is 0. The predicted molar refractivity (Wildman–Crippen MR) is 82.5 cm³/mol. The normalized spacial score (nSPS) is 10.2. The molecule has 0 aliphatic rings. The number of benzene rings is 2. The van der Waals surface area contributed by atoms with Crippen LogP contribution >= 0.6 is 0 Å². The molecule has 2 rings (SSSR count). The first kappa shape index (κ1) is 16.7. The van der Waals surface area contributed by atoms with E-state index >= 15 is 0 Å². The van der Waals surface area contributed by atoms with Crippen molar-refractivity contribution in [2.45, 2.75) is 20.0 Å². The molecule has 5 heteroatoms. The molecule has 0 amide bonds. The molecular weight excluding hydrogens is 299 g/mol. The van der Waals surface area contributed by atoms with E-state index in [2.05, 4.69) is 0 Å². The summed E-state index contributed by atoms with van der Waals surface area (Å²) >= 11 is 0. The van der Waals surface area contributed by atoms with Crippen LogP contribution in [0.3, 0.4) is 0 Å². The van der Waals surface area contributed by atoms with Gasteiger partial charge in [0, 0.05) is 0 Å². The highest BCUT2D eigenvalue weighted by Crippen LogP contribution is 2.10. The summed E-state index contributed by atoms with van der Waals surface area (Å²) in [5, 5.41) is 0. The van der Waals surface area contributed by atoms with Gasteiger partial charge in [0.2, 0.25) is 0 Å². The molecular formula is C18H17FO4. The van der Waals surface area contributed by atoms with Crippen molar-refractivity contribution in [2.75, 3.05) is 6.61 Å². The first-order chi connectivity index (χ1) is 11.1. The Morgan fingerprint density at radius 2 is 1.57 bits per heavy atom. The third-order valence-corrected chi connectivity index (χ3v) is 3.05. The lowest BCUT2D eigenvalue weighted by Crippen LogP contribution is -2.08. The highest BCUT2D eigenvalue weighted by atomic mass is 19.1. The minimum Gasteiger partial charge on any atom is -0.462 e. The first-order valence-corrected chi connectivity index (χ1v) is 7.29. The minimum absolute atomic E-state index is 0.0170. The van der Waals surface area contributed by atoms with E-state index in [4.69, 9.17) is 9.47 Å². The van der Waals surface area contributed by atoms with Crippen molar-refractivity contribution in [3.8, 4) is 0 Å². The maximum absolute atomic E-state index is 13.0. The molecule has 23 heavy (non-hydrogen) atoms. The second-order valence-corrected chi connectivity index (χ2v) is 4.92. The Morgan fingerprint density at radius 1 is 0.957 bits per heavy atom. The van der Waals surface area contributed by atoms with Gasteiger partial charge < -0.3 is 9.47 Å². The van der Waals surface area contributed by atoms with Crippen molar-refractivity contribution < 1.29 is 23.5 Å². The van der Waals surface area contributed by atoms with Crippen molar-refractivity contribution in [3.63, 3.8) is 0 Å². The summed E-state index contributed by atoms with van der Waals surface area (Å²) in [6.45, 7) is 2.25. The quantitative estimate of drug-likeness (QED) is 0.762. The molecule has 0 atom stereocenters. The summed E-state index contributed by atoms with van der Waals surface area (Å²) < 4.78 is 23.2. The molecule has 0 unspecified atom stereocenters. The zero-order chi connectivity index (χ0) is 16.7. The van der Waals surface area contributed by atoms with Gasteiger partial charge in [-0.1, -0.05) is 19.1 Å². The average Bonchev–Trinajstić information content (AvgIpc) is 2.57. The summed E-state index contributed by atoms with van der Waals surface area (Å²) in [4.78, 5) is 23.6. The van der Waals surface area contributed by atoms with Gasteiger partial charge in [0.25, 0.3) is 0 Å². The number of ether oxygens (including phenoxy) is 2. The van der Waals surface area contributed by atoms with Crippen molar-refractivity contribution in [3.05, 3.63) is 71.0 Å². The van der Waals surface area contributed by atoms with Gasteiger partial charge in [-0.15, -0.1) is 0 Å². The van der Waals surface area contributed by atoms with Crippen molar-refractivity contribution in [1.82, 2.24) is 0 Å². The van der Waals surface area contributed by atoms with Crippen LogP contribution in [-0.2, 0) is 16.1 Å². The number of hydrogen-bond acceptors (Lipinski definition) is 4. The SMILES string of the molecule is CCCOC(=O)c1ccc(C(=O)OCc2cccc(F)c2)cc1. The fraction of sp³-hybridized carbons (Fsp3) is 0.222. The monoisotopic (exact) mass is 316 g/mol. The molecule has 2 aromatic carbocycles. The van der Waals surface area contributed by atoms with Crippen LogP contribution in [-0.4, -0.2) is 18.5 Å². The van der Waals surface area contributed by atoms with Crippen LogP contribution in [0.4, 0.5) is 4.39 Å². The summed E-state index contributed by atoms with van der Waals surface area (Å²) in [6, 6.07) is 11.9. The Hall–Kier alpha value is -2.69. The summed E-state index contributed by atoms with van der Waals surface area (Å²) in [6.07, 6.45) is 0.746. The topological polar surface area (TPSA) is 52.6 Å². The number of esters is 2. The number of carbonyl (C=O) groups is 2. The van der Waals surface area contributed by atoms with Gasteiger partial charge >= 0.3 is 11.9 Å². The third-order valence-electron chi connectivity index (χ3n) is 3.05. The lowest BCUT2D eigenvalue weighted by atomic mass is 10.1. The maximum atomic E-state index is 13.0. The van der Waals surface area contributed by atoms with Crippen LogP contribution in [0, 0.1) is 5.82 Å². The summed E-state index contributed by atoms with van der Waals surface area (Å²) in [7, 11) is 0. The van der Waals surface area contributed by atoms with Gasteiger partial charge in [-0.05, 0) is 48.4 Å². The fourth-order valence-corrected chi connectivity index (χ4v) is 1.88. The number of carbonyl (C=O) groups excluding carboxylic acids is 2. The van der Waals surface area contributed by atoms with Crippen molar-refractivity contribution in [2.24, 2.45) is 0 Å². The lowest BCUT2D eigenvalue weighted by molar-refractivity contribution is 0.0467. The molecule has 0 aliphatic heterocycles. The minimum atomic E-state index is -0.539. The molecule has 0 fully saturated rings. The highest BCUT2D eigenvalue weighted by Gasteiger charge is 2.11. The van der Waals surface area contributed by atoms with E-state index in [0.717, 1.165) is 6.42 Å². The first-order valence-electron chi connectivity index (χ1n) is 7.29. The lowest BCUT2D eigenvalue weighted by Gasteiger charge is -2.06. The molecule has 120 valence electrons. The van der Waals surface area contributed by atoms with Gasteiger partial charge in [0.15, 0.2) is 0 Å². The standard InChI is InChI=1S/C18H17FO4/c1-2-10-22-17(20)14-6-8-15(9-7-14)18(21)23-12-13-4-3-5-16(19)11-13/h3-9,11H,2,10,12H2,1H3. The Labute approximate surface area is 133 Å². The molecule has 0 heterocycles. The van der Waals surface area contributed by atoms with E-state index in [1.165, 1.54) is 36.4 Å². The van der Waals surface area contributed by atoms with Crippen LogP contribution in [0.1, 0.15) is 39.6 Å². The maximum Gasteiger partial charge on any atom is 0.338 e. The Morgan fingerprint density at radius 3 is 2.13 bits per heavy atom. The fourth-order valence-electron chi connectivity index (χ4n) is 1.88. The molecule has 2 aromatic rings. The van der Waals surface area contributed by atoms with Crippen molar-refractivity contribution in [1.29, 1.82) is 0 Å². The van der Waals surface area contributed by atoms with Crippen LogP contribution in [0.15, 0.2) is 48.5 Å². The van der Waals surface area contributed by atoms with Gasteiger partial charge in [-0.3, -0.25) is 0 Å². The zero-order valence-corrected chi connectivity index (χ0v) is 12.8. The smallest absolute Gasteiger partial charge is 0.338 e. The van der Waals surface area contributed by atoms with Crippen LogP contribution in [0.25, 0.3) is 0 Å². The van der Waals surface area contributed by atoms with Crippen LogP contribution in [0.2, 0.25) is 0 Å². The molecule has 4 nitrogen and oxygen atoms in total. The molecule has 0 bridgehead atoms. The molecule has 0 saturated carbocycles. The van der Waals surface area contributed by atoms with Gasteiger partial charge in [-0.25, -0.2) is 14.0 Å². The number of halogens is 1. The van der Waals surface area contributed by atoms with E-state index in [-0.39, 0.29) is 12.4 Å². The van der Waals surface area contributed by atoms with E-state index in [1.807, 2.05) is 6.92 Å². The van der Waals surface area contributed by atoms with E-state index < -0.39 is 11.9 Å². The third kappa shape index (κ3) is 4.92. The Kier molecular flexibility index (Phi) is 5.86. The van der Waals surface area contributed by atoms with E-state index in [9.17, 15) is 14.0 Å². The molecule has 0 aromatic heterocycles. The average molecular weight is 316 g/mol.